The fourth-order valence-electron chi connectivity index (χ4n) is 3.08. The lowest BCUT2D eigenvalue weighted by Crippen LogP contribution is -2.53. The highest BCUT2D eigenvalue weighted by molar-refractivity contribution is 9.10. The van der Waals surface area contributed by atoms with Crippen LogP contribution in [0.3, 0.4) is 0 Å². The molecule has 0 bridgehead atoms. The van der Waals surface area contributed by atoms with E-state index in [1.165, 1.54) is 0 Å². The van der Waals surface area contributed by atoms with Gasteiger partial charge in [0.1, 0.15) is 5.54 Å². The zero-order valence-corrected chi connectivity index (χ0v) is 15.0. The molecule has 0 spiro atoms. The van der Waals surface area contributed by atoms with Gasteiger partial charge in [0.05, 0.1) is 0 Å². The van der Waals surface area contributed by atoms with E-state index in [2.05, 4.69) is 15.9 Å². The Morgan fingerprint density at radius 2 is 2.00 bits per heavy atom. The SMILES string of the molecule is CC(N)(C(=O)N1CCCC(CCC(N)=O)C1)c1ccc(Br)cc1. The van der Waals surface area contributed by atoms with Gasteiger partial charge in [0, 0.05) is 24.0 Å². The predicted molar refractivity (Wildman–Crippen MR) is 93.4 cm³/mol. The second kappa shape index (κ2) is 7.45. The van der Waals surface area contributed by atoms with Crippen LogP contribution in [0.25, 0.3) is 0 Å². The molecule has 0 aliphatic carbocycles. The van der Waals surface area contributed by atoms with Crippen molar-refractivity contribution in [2.45, 2.75) is 38.1 Å². The molecule has 2 rings (SSSR count). The maximum Gasteiger partial charge on any atom is 0.246 e. The number of nitrogens with zero attached hydrogens (tertiary/aromatic N) is 1. The molecule has 5 nitrogen and oxygen atoms in total. The first-order valence-corrected chi connectivity index (χ1v) is 8.72. The van der Waals surface area contributed by atoms with Gasteiger partial charge in [-0.05, 0) is 49.8 Å². The standard InChI is InChI=1S/C17H24BrN3O2/c1-17(20,13-5-7-14(18)8-6-13)16(23)21-10-2-3-12(11-21)4-9-15(19)22/h5-8,12H,2-4,9-11,20H2,1H3,(H2,19,22). The molecular formula is C17H24BrN3O2. The highest BCUT2D eigenvalue weighted by Crippen LogP contribution is 2.27. The normalized spacial score (nSPS) is 20.8. The predicted octanol–water partition coefficient (Wildman–Crippen LogP) is 2.13. The van der Waals surface area contributed by atoms with Crippen LogP contribution in [0.5, 0.6) is 0 Å². The van der Waals surface area contributed by atoms with E-state index in [1.807, 2.05) is 29.2 Å². The number of primary amides is 1. The summed E-state index contributed by atoms with van der Waals surface area (Å²) in [5.41, 5.74) is 11.3. The number of halogens is 1. The molecular weight excluding hydrogens is 358 g/mol. The van der Waals surface area contributed by atoms with Gasteiger partial charge in [-0.3, -0.25) is 9.59 Å². The minimum atomic E-state index is -1.05. The Morgan fingerprint density at radius 3 is 2.61 bits per heavy atom. The Hall–Kier alpha value is -1.40. The van der Waals surface area contributed by atoms with E-state index >= 15 is 0 Å². The number of carbonyl (C=O) groups excluding carboxylic acids is 2. The van der Waals surface area contributed by atoms with Crippen molar-refractivity contribution in [3.8, 4) is 0 Å². The maximum atomic E-state index is 12.9. The number of rotatable bonds is 5. The van der Waals surface area contributed by atoms with Gasteiger partial charge >= 0.3 is 0 Å². The minimum Gasteiger partial charge on any atom is -0.370 e. The summed E-state index contributed by atoms with van der Waals surface area (Å²) in [5, 5.41) is 0. The second-order valence-corrected chi connectivity index (χ2v) is 7.39. The molecule has 0 radical (unpaired) electrons. The number of amides is 2. The maximum absolute atomic E-state index is 12.9. The molecule has 1 fully saturated rings. The van der Waals surface area contributed by atoms with Crippen LogP contribution in [-0.2, 0) is 15.1 Å². The molecule has 1 aromatic rings. The van der Waals surface area contributed by atoms with Gasteiger partial charge in [-0.25, -0.2) is 0 Å². The first kappa shape index (κ1) is 17.9. The quantitative estimate of drug-likeness (QED) is 0.818. The Bertz CT molecular complexity index is 572. The summed E-state index contributed by atoms with van der Waals surface area (Å²) in [6, 6.07) is 7.52. The Labute approximate surface area is 145 Å². The lowest BCUT2D eigenvalue weighted by Gasteiger charge is -2.37. The van der Waals surface area contributed by atoms with Crippen LogP contribution >= 0.6 is 15.9 Å². The number of hydrogen-bond donors (Lipinski definition) is 2. The van der Waals surface area contributed by atoms with Crippen LogP contribution in [0.15, 0.2) is 28.7 Å². The van der Waals surface area contributed by atoms with Crippen molar-refractivity contribution < 1.29 is 9.59 Å². The van der Waals surface area contributed by atoms with Crippen molar-refractivity contribution in [2.75, 3.05) is 13.1 Å². The topological polar surface area (TPSA) is 89.4 Å². The van der Waals surface area contributed by atoms with Crippen molar-refractivity contribution in [3.63, 3.8) is 0 Å². The number of piperidine rings is 1. The van der Waals surface area contributed by atoms with Gasteiger partial charge in [-0.1, -0.05) is 28.1 Å². The van der Waals surface area contributed by atoms with Crippen LogP contribution in [0.1, 0.15) is 38.2 Å². The van der Waals surface area contributed by atoms with Gasteiger partial charge in [-0.2, -0.15) is 0 Å². The molecule has 1 saturated heterocycles. The lowest BCUT2D eigenvalue weighted by molar-refractivity contribution is -0.138. The average molecular weight is 382 g/mol. The van der Waals surface area contributed by atoms with E-state index in [0.29, 0.717) is 18.9 Å². The second-order valence-electron chi connectivity index (χ2n) is 6.47. The zero-order chi connectivity index (χ0) is 17.0. The number of nitrogens with two attached hydrogens (primary N) is 2. The number of likely N-dealkylation sites (tertiary alicyclic amines) is 1. The Kier molecular flexibility index (Phi) is 5.81. The van der Waals surface area contributed by atoms with Crippen molar-refractivity contribution in [2.24, 2.45) is 17.4 Å². The zero-order valence-electron chi connectivity index (χ0n) is 13.4. The molecule has 0 saturated carbocycles. The van der Waals surface area contributed by atoms with E-state index in [-0.39, 0.29) is 11.8 Å². The third kappa shape index (κ3) is 4.54. The molecule has 1 aliphatic rings. The van der Waals surface area contributed by atoms with E-state index in [9.17, 15) is 9.59 Å². The fraction of sp³-hybridized carbons (Fsp3) is 0.529. The summed E-state index contributed by atoms with van der Waals surface area (Å²) in [6.45, 7) is 3.12. The van der Waals surface area contributed by atoms with E-state index in [1.54, 1.807) is 6.92 Å². The number of hydrogen-bond acceptors (Lipinski definition) is 3. The molecule has 126 valence electrons. The summed E-state index contributed by atoms with van der Waals surface area (Å²) < 4.78 is 0.953. The van der Waals surface area contributed by atoms with Crippen LogP contribution in [0.4, 0.5) is 0 Å². The molecule has 4 N–H and O–H groups in total. The smallest absolute Gasteiger partial charge is 0.246 e. The summed E-state index contributed by atoms with van der Waals surface area (Å²) in [6.07, 6.45) is 3.07. The van der Waals surface area contributed by atoms with E-state index in [4.69, 9.17) is 11.5 Å². The highest BCUT2D eigenvalue weighted by Gasteiger charge is 2.36. The molecule has 0 aromatic heterocycles. The summed E-state index contributed by atoms with van der Waals surface area (Å²) in [7, 11) is 0. The molecule has 1 aliphatic heterocycles. The summed E-state index contributed by atoms with van der Waals surface area (Å²) in [5.74, 6) is -0.0310. The largest absolute Gasteiger partial charge is 0.370 e. The van der Waals surface area contributed by atoms with Crippen molar-refractivity contribution >= 4 is 27.7 Å². The first-order valence-electron chi connectivity index (χ1n) is 7.93. The van der Waals surface area contributed by atoms with Crippen LogP contribution in [0, 0.1) is 5.92 Å². The van der Waals surface area contributed by atoms with Gasteiger partial charge in [-0.15, -0.1) is 0 Å². The van der Waals surface area contributed by atoms with Crippen molar-refractivity contribution in [1.82, 2.24) is 4.90 Å². The molecule has 2 amide bonds. The average Bonchev–Trinajstić information content (AvgIpc) is 2.53. The van der Waals surface area contributed by atoms with Gasteiger partial charge < -0.3 is 16.4 Å². The minimum absolute atomic E-state index is 0.0661. The van der Waals surface area contributed by atoms with E-state index < -0.39 is 5.54 Å². The molecule has 1 aromatic carbocycles. The van der Waals surface area contributed by atoms with Crippen LogP contribution in [-0.4, -0.2) is 29.8 Å². The number of benzene rings is 1. The van der Waals surface area contributed by atoms with Crippen LogP contribution in [0.2, 0.25) is 0 Å². The molecule has 1 heterocycles. The summed E-state index contributed by atoms with van der Waals surface area (Å²) in [4.78, 5) is 25.7. The Balaban J connectivity index is 2.05. The van der Waals surface area contributed by atoms with Gasteiger partial charge in [0.15, 0.2) is 0 Å². The monoisotopic (exact) mass is 381 g/mol. The third-order valence-electron chi connectivity index (χ3n) is 4.49. The van der Waals surface area contributed by atoms with E-state index in [0.717, 1.165) is 35.8 Å². The fourth-order valence-corrected chi connectivity index (χ4v) is 3.34. The Morgan fingerprint density at radius 1 is 1.35 bits per heavy atom. The molecule has 2 unspecified atom stereocenters. The van der Waals surface area contributed by atoms with Crippen LogP contribution < -0.4 is 11.5 Å². The molecule has 23 heavy (non-hydrogen) atoms. The van der Waals surface area contributed by atoms with Gasteiger partial charge in [0.25, 0.3) is 0 Å². The van der Waals surface area contributed by atoms with Crippen molar-refractivity contribution in [1.29, 1.82) is 0 Å². The lowest BCUT2D eigenvalue weighted by atomic mass is 9.88. The highest BCUT2D eigenvalue weighted by atomic mass is 79.9. The molecule has 6 heteroatoms. The molecule has 2 atom stereocenters. The number of carbonyl (C=O) groups is 2. The summed E-state index contributed by atoms with van der Waals surface area (Å²) >= 11 is 3.39. The van der Waals surface area contributed by atoms with Gasteiger partial charge in [0.2, 0.25) is 11.8 Å². The first-order chi connectivity index (χ1) is 10.8. The third-order valence-corrected chi connectivity index (χ3v) is 5.02. The van der Waals surface area contributed by atoms with Crippen molar-refractivity contribution in [3.05, 3.63) is 34.3 Å².